The Hall–Kier alpha value is -0.0600. The van der Waals surface area contributed by atoms with E-state index in [9.17, 15) is 0 Å². The summed E-state index contributed by atoms with van der Waals surface area (Å²) in [7, 11) is 0. The molecule has 1 atom stereocenters. The van der Waals surface area contributed by atoms with Gasteiger partial charge < -0.3 is 0 Å². The Morgan fingerprint density at radius 1 is 1.12 bits per heavy atom. The van der Waals surface area contributed by atoms with Gasteiger partial charge in [0.05, 0.1) is 8.26 Å². The van der Waals surface area contributed by atoms with Gasteiger partial charge in [-0.1, -0.05) is 18.2 Å². The lowest BCUT2D eigenvalue weighted by Crippen LogP contribution is -1.93. The average molecular weight is 375 g/mol. The van der Waals surface area contributed by atoms with Crippen LogP contribution < -0.4 is 0 Å². The Morgan fingerprint density at radius 3 is 2.71 bits per heavy atom. The number of thiophene rings is 1. The minimum atomic E-state index is 0.000617. The third kappa shape index (κ3) is 2.40. The minimum absolute atomic E-state index is 0.000617. The van der Waals surface area contributed by atoms with Crippen molar-refractivity contribution >= 4 is 45.5 Å². The van der Waals surface area contributed by atoms with Crippen LogP contribution in [0.3, 0.4) is 0 Å². The van der Waals surface area contributed by atoms with E-state index in [2.05, 4.69) is 52.2 Å². The first kappa shape index (κ1) is 12.0. The van der Waals surface area contributed by atoms with Crippen LogP contribution in [0.5, 0.6) is 0 Å². The van der Waals surface area contributed by atoms with E-state index < -0.39 is 0 Å². The third-order valence-electron chi connectivity index (χ3n) is 3.30. The van der Waals surface area contributed by atoms with Crippen molar-refractivity contribution < 1.29 is 0 Å². The zero-order valence-electron chi connectivity index (χ0n) is 9.25. The Kier molecular flexibility index (Phi) is 3.46. The molecule has 1 heterocycles. The van der Waals surface area contributed by atoms with Crippen LogP contribution in [-0.4, -0.2) is 0 Å². The number of halogens is 2. The van der Waals surface area contributed by atoms with Crippen molar-refractivity contribution in [1.82, 2.24) is 0 Å². The van der Waals surface area contributed by atoms with Gasteiger partial charge in [0.1, 0.15) is 0 Å². The van der Waals surface area contributed by atoms with E-state index in [1.54, 1.807) is 11.3 Å². The van der Waals surface area contributed by atoms with Crippen LogP contribution in [0, 0.1) is 2.88 Å². The number of rotatable bonds is 2. The number of aryl methyl sites for hydroxylation is 2. The Morgan fingerprint density at radius 2 is 1.94 bits per heavy atom. The molecule has 0 spiro atoms. The molecule has 0 radical (unpaired) electrons. The van der Waals surface area contributed by atoms with Gasteiger partial charge in [0.2, 0.25) is 0 Å². The molecule has 88 valence electrons. The van der Waals surface area contributed by atoms with Gasteiger partial charge in [0.15, 0.2) is 0 Å². The zero-order valence-corrected chi connectivity index (χ0v) is 13.0. The summed E-state index contributed by atoms with van der Waals surface area (Å²) in [5.41, 5.74) is 5.47. The first-order valence-electron chi connectivity index (χ1n) is 5.74. The van der Waals surface area contributed by atoms with Gasteiger partial charge in [-0.3, -0.25) is 0 Å². The number of hydrogen-bond donors (Lipinski definition) is 0. The molecule has 2 aromatic rings. The molecule has 1 aliphatic rings. The minimum Gasteiger partial charge on any atom is -0.137 e. The maximum absolute atomic E-state index is 6.55. The summed E-state index contributed by atoms with van der Waals surface area (Å²) in [4.78, 5) is 0. The van der Waals surface area contributed by atoms with Gasteiger partial charge in [-0.05, 0) is 75.6 Å². The third-order valence-corrected chi connectivity index (χ3v) is 5.61. The first-order chi connectivity index (χ1) is 8.24. The molecule has 0 aliphatic heterocycles. The highest BCUT2D eigenvalue weighted by Gasteiger charge is 2.16. The Balaban J connectivity index is 1.94. The number of fused-ring (bicyclic) bond motifs is 1. The fourth-order valence-electron chi connectivity index (χ4n) is 2.40. The van der Waals surface area contributed by atoms with E-state index in [0.29, 0.717) is 0 Å². The van der Waals surface area contributed by atoms with E-state index in [1.165, 1.54) is 44.4 Å². The molecule has 17 heavy (non-hydrogen) atoms. The Labute approximate surface area is 124 Å². The van der Waals surface area contributed by atoms with Crippen LogP contribution >= 0.6 is 45.5 Å². The van der Waals surface area contributed by atoms with Crippen LogP contribution in [-0.2, 0) is 12.8 Å². The fourth-order valence-corrected chi connectivity index (χ4v) is 4.13. The zero-order chi connectivity index (χ0) is 11.8. The summed E-state index contributed by atoms with van der Waals surface area (Å²) in [6.45, 7) is 0. The molecule has 1 aliphatic carbocycles. The second-order valence-corrected chi connectivity index (χ2v) is 7.67. The molecule has 0 bridgehead atoms. The highest BCUT2D eigenvalue weighted by atomic mass is 127. The Bertz CT molecular complexity index is 547. The lowest BCUT2D eigenvalue weighted by atomic mass is 10.0. The molecular weight excluding hydrogens is 363 g/mol. The van der Waals surface area contributed by atoms with Gasteiger partial charge in [-0.25, -0.2) is 0 Å². The van der Waals surface area contributed by atoms with E-state index >= 15 is 0 Å². The van der Waals surface area contributed by atoms with Crippen molar-refractivity contribution in [3.8, 4) is 0 Å². The predicted molar refractivity (Wildman–Crippen MR) is 83.2 cm³/mol. The molecule has 3 heteroatoms. The van der Waals surface area contributed by atoms with Gasteiger partial charge >= 0.3 is 0 Å². The lowest BCUT2D eigenvalue weighted by Gasteiger charge is -2.10. The molecular formula is C14H12ClIS. The molecule has 3 rings (SSSR count). The van der Waals surface area contributed by atoms with Crippen molar-refractivity contribution in [3.63, 3.8) is 0 Å². The molecule has 0 amide bonds. The summed E-state index contributed by atoms with van der Waals surface area (Å²) in [5, 5.41) is 2.16. The highest BCUT2D eigenvalue weighted by Crippen LogP contribution is 2.34. The number of benzene rings is 1. The molecule has 1 unspecified atom stereocenters. The molecule has 1 aromatic carbocycles. The maximum atomic E-state index is 6.55. The van der Waals surface area contributed by atoms with Crippen LogP contribution in [0.15, 0.2) is 29.6 Å². The summed E-state index contributed by atoms with van der Waals surface area (Å²) in [6.07, 6.45) is 3.74. The van der Waals surface area contributed by atoms with E-state index in [0.717, 1.165) is 0 Å². The second-order valence-electron chi connectivity index (χ2n) is 4.43. The summed E-state index contributed by atoms with van der Waals surface area (Å²) in [6, 6.07) is 8.91. The first-order valence-corrected chi connectivity index (χ1v) is 8.13. The van der Waals surface area contributed by atoms with Crippen molar-refractivity contribution in [2.75, 3.05) is 0 Å². The molecule has 0 N–H and O–H groups in total. The molecule has 0 nitrogen and oxygen atoms in total. The quantitative estimate of drug-likeness (QED) is 0.502. The molecule has 0 saturated carbocycles. The number of alkyl halides is 1. The monoisotopic (exact) mass is 374 g/mol. The highest BCUT2D eigenvalue weighted by molar-refractivity contribution is 14.1. The van der Waals surface area contributed by atoms with Crippen LogP contribution in [0.25, 0.3) is 0 Å². The smallest absolute Gasteiger partial charge is 0.0843 e. The molecule has 0 fully saturated rings. The van der Waals surface area contributed by atoms with E-state index in [4.69, 9.17) is 11.6 Å². The average Bonchev–Trinajstić information content (AvgIpc) is 2.95. The fraction of sp³-hybridized carbons (Fsp3) is 0.286. The lowest BCUT2D eigenvalue weighted by molar-refractivity contribution is 0.911. The van der Waals surface area contributed by atoms with Gasteiger partial charge in [-0.15, -0.1) is 22.9 Å². The summed E-state index contributed by atoms with van der Waals surface area (Å²) in [5.74, 6) is 0. The molecule has 1 aromatic heterocycles. The molecule has 0 saturated heterocycles. The topological polar surface area (TPSA) is 0 Å². The maximum Gasteiger partial charge on any atom is 0.0843 e. The van der Waals surface area contributed by atoms with Crippen molar-refractivity contribution in [3.05, 3.63) is 54.8 Å². The SMILES string of the molecule is ClC(c1csc(I)c1)c1ccc2c(c1)CCC2. The summed E-state index contributed by atoms with van der Waals surface area (Å²) < 4.78 is 1.30. The van der Waals surface area contributed by atoms with Gasteiger partial charge in [-0.2, -0.15) is 0 Å². The predicted octanol–water partition coefficient (Wildman–Crippen LogP) is 5.17. The van der Waals surface area contributed by atoms with Crippen LogP contribution in [0.1, 0.15) is 34.1 Å². The normalized spacial score (nSPS) is 15.9. The van der Waals surface area contributed by atoms with Crippen molar-refractivity contribution in [1.29, 1.82) is 0 Å². The van der Waals surface area contributed by atoms with Gasteiger partial charge in [0, 0.05) is 0 Å². The largest absolute Gasteiger partial charge is 0.137 e. The van der Waals surface area contributed by atoms with Gasteiger partial charge in [0.25, 0.3) is 0 Å². The van der Waals surface area contributed by atoms with Crippen LogP contribution in [0.4, 0.5) is 0 Å². The number of hydrogen-bond acceptors (Lipinski definition) is 1. The van der Waals surface area contributed by atoms with E-state index in [1.807, 2.05) is 0 Å². The summed E-state index contributed by atoms with van der Waals surface area (Å²) >= 11 is 10.6. The van der Waals surface area contributed by atoms with Crippen molar-refractivity contribution in [2.45, 2.75) is 24.6 Å². The van der Waals surface area contributed by atoms with Crippen LogP contribution in [0.2, 0.25) is 0 Å². The van der Waals surface area contributed by atoms with Crippen molar-refractivity contribution in [2.24, 2.45) is 0 Å². The second kappa shape index (κ2) is 4.90. The van der Waals surface area contributed by atoms with E-state index in [-0.39, 0.29) is 5.38 Å². The standard InChI is InChI=1S/C14H12ClIS/c15-14(12-7-13(16)17-8-12)11-5-4-9-2-1-3-10(9)6-11/h4-8,14H,1-3H2.